The van der Waals surface area contributed by atoms with Gasteiger partial charge in [0.1, 0.15) is 6.10 Å². The fourth-order valence-corrected chi connectivity index (χ4v) is 6.54. The highest BCUT2D eigenvalue weighted by molar-refractivity contribution is 6.60. The van der Waals surface area contributed by atoms with Gasteiger partial charge in [0.25, 0.3) is 0 Å². The molecule has 4 aliphatic rings. The number of epoxide rings is 1. The van der Waals surface area contributed by atoms with Crippen molar-refractivity contribution in [3.63, 3.8) is 0 Å². The minimum absolute atomic E-state index is 0.160. The topological polar surface area (TPSA) is 52.7 Å². The normalized spacial score (nSPS) is 45.1. The van der Waals surface area contributed by atoms with Crippen LogP contribution in [-0.4, -0.2) is 77.6 Å². The maximum absolute atomic E-state index is 6.30. The fraction of sp³-hybridized carbons (Fsp3) is 1.00. The molecule has 0 aliphatic carbocycles. The number of hydrogen-bond donors (Lipinski definition) is 0. The number of hydrogen-bond acceptors (Lipinski definition) is 6. The largest absolute Gasteiger partial charge is 0.501 e. The third-order valence-corrected chi connectivity index (χ3v) is 7.42. The average Bonchev–Trinajstić information content (AvgIpc) is 3.18. The lowest BCUT2D eigenvalue weighted by Crippen LogP contribution is -2.61. The molecule has 2 bridgehead atoms. The summed E-state index contributed by atoms with van der Waals surface area (Å²) < 4.78 is 29.7. The molecule has 4 rings (SSSR count). The molecule has 22 heavy (non-hydrogen) atoms. The second-order valence-corrected chi connectivity index (χ2v) is 9.39. The van der Waals surface area contributed by atoms with Crippen LogP contribution in [0.3, 0.4) is 0 Å². The van der Waals surface area contributed by atoms with Gasteiger partial charge in [-0.05, 0) is 27.2 Å². The van der Waals surface area contributed by atoms with E-state index in [9.17, 15) is 0 Å². The van der Waals surface area contributed by atoms with Crippen LogP contribution in [0, 0.1) is 0 Å². The molecule has 4 atom stereocenters. The minimum Gasteiger partial charge on any atom is -0.379 e. The van der Waals surface area contributed by atoms with Crippen molar-refractivity contribution in [2.45, 2.75) is 57.7 Å². The van der Waals surface area contributed by atoms with Crippen LogP contribution >= 0.6 is 0 Å². The first-order valence-corrected chi connectivity index (χ1v) is 10.4. The van der Waals surface area contributed by atoms with E-state index in [1.165, 1.54) is 0 Å². The molecule has 128 valence electrons. The van der Waals surface area contributed by atoms with Crippen molar-refractivity contribution < 1.29 is 22.8 Å². The van der Waals surface area contributed by atoms with Gasteiger partial charge < -0.3 is 22.8 Å². The lowest BCUT2D eigenvalue weighted by molar-refractivity contribution is -0.0796. The Balaban J connectivity index is 1.57. The Morgan fingerprint density at radius 1 is 1.00 bits per heavy atom. The molecule has 6 nitrogen and oxygen atoms in total. The first kappa shape index (κ1) is 16.8. The van der Waals surface area contributed by atoms with Gasteiger partial charge in [-0.3, -0.25) is 4.90 Å². The number of fused-ring (bicyclic) bond motifs is 6. The summed E-state index contributed by atoms with van der Waals surface area (Å²) in [6.45, 7) is 11.5. The highest BCUT2D eigenvalue weighted by atomic mass is 28.4. The zero-order valence-electron chi connectivity index (χ0n) is 14.0. The smallest absolute Gasteiger partial charge is 0.379 e. The molecule has 0 saturated carbocycles. The molecule has 0 aromatic rings. The van der Waals surface area contributed by atoms with Gasteiger partial charge in [-0.1, -0.05) is 0 Å². The average molecular weight is 331 g/mol. The van der Waals surface area contributed by atoms with Crippen molar-refractivity contribution in [2.24, 2.45) is 0 Å². The maximum atomic E-state index is 6.30. The second-order valence-electron chi connectivity index (χ2n) is 6.82. The zero-order chi connectivity index (χ0) is 15.6. The van der Waals surface area contributed by atoms with Crippen LogP contribution in [0.2, 0.25) is 6.04 Å². The summed E-state index contributed by atoms with van der Waals surface area (Å²) in [7, 11) is -2.62. The molecule has 0 spiro atoms. The van der Waals surface area contributed by atoms with Crippen LogP contribution in [-0.2, 0) is 22.8 Å². The van der Waals surface area contributed by atoms with Gasteiger partial charge in [-0.2, -0.15) is 0 Å². The molecule has 0 N–H and O–H groups in total. The molecule has 4 aliphatic heterocycles. The molecule has 7 heteroatoms. The quantitative estimate of drug-likeness (QED) is 0.415. The van der Waals surface area contributed by atoms with Gasteiger partial charge in [0, 0.05) is 32.3 Å². The highest BCUT2D eigenvalue weighted by Gasteiger charge is 2.48. The van der Waals surface area contributed by atoms with Gasteiger partial charge in [0.15, 0.2) is 0 Å². The van der Waals surface area contributed by atoms with Crippen molar-refractivity contribution >= 4 is 8.80 Å². The van der Waals surface area contributed by atoms with E-state index in [-0.39, 0.29) is 18.3 Å². The molecule has 0 radical (unpaired) electrons. The summed E-state index contributed by atoms with van der Waals surface area (Å²) in [5.74, 6) is 0. The molecule has 0 aromatic heterocycles. The first-order valence-electron chi connectivity index (χ1n) is 8.50. The Morgan fingerprint density at radius 3 is 2.05 bits per heavy atom. The van der Waals surface area contributed by atoms with Crippen LogP contribution < -0.4 is 0 Å². The lowest BCUT2D eigenvalue weighted by Gasteiger charge is -2.45. The Hall–Kier alpha value is -0.0231. The Labute approximate surface area is 134 Å². The van der Waals surface area contributed by atoms with Crippen LogP contribution in [0.15, 0.2) is 0 Å². The summed E-state index contributed by atoms with van der Waals surface area (Å²) in [6, 6.07) is 0.831. The van der Waals surface area contributed by atoms with E-state index < -0.39 is 8.80 Å². The molecule has 4 fully saturated rings. The van der Waals surface area contributed by atoms with Crippen molar-refractivity contribution in [3.05, 3.63) is 0 Å². The predicted octanol–water partition coefficient (Wildman–Crippen LogP) is 1.28. The Kier molecular flexibility index (Phi) is 5.54. The summed E-state index contributed by atoms with van der Waals surface area (Å²) in [5, 5.41) is 0. The van der Waals surface area contributed by atoms with Gasteiger partial charge in [0.05, 0.1) is 31.5 Å². The van der Waals surface area contributed by atoms with Crippen LogP contribution in [0.1, 0.15) is 27.2 Å². The van der Waals surface area contributed by atoms with E-state index in [2.05, 4.69) is 25.7 Å². The molecule has 0 aromatic carbocycles. The van der Waals surface area contributed by atoms with Gasteiger partial charge in [-0.25, -0.2) is 0 Å². The fourth-order valence-electron chi connectivity index (χ4n) is 3.38. The van der Waals surface area contributed by atoms with Crippen LogP contribution in [0.4, 0.5) is 0 Å². The lowest BCUT2D eigenvalue weighted by atomic mass is 10.2. The van der Waals surface area contributed by atoms with E-state index in [0.29, 0.717) is 19.3 Å². The number of rotatable bonds is 6. The monoisotopic (exact) mass is 331 g/mol. The number of nitrogens with zero attached hydrogens (tertiary/aromatic N) is 1. The summed E-state index contributed by atoms with van der Waals surface area (Å²) in [6.07, 6.45) is 1.72. The van der Waals surface area contributed by atoms with Crippen LogP contribution in [0.25, 0.3) is 0 Å². The zero-order valence-corrected chi connectivity index (χ0v) is 15.0. The van der Waals surface area contributed by atoms with Gasteiger partial charge in [-0.15, -0.1) is 0 Å². The SMILES string of the molecule is CC1CN2CC(C)O[Si](CCCOCC3CO3)(O1)OC(C)C2. The van der Waals surface area contributed by atoms with Crippen molar-refractivity contribution in [1.29, 1.82) is 0 Å². The van der Waals surface area contributed by atoms with Crippen LogP contribution in [0.5, 0.6) is 0 Å². The third kappa shape index (κ3) is 4.74. The first-order chi connectivity index (χ1) is 10.5. The summed E-state index contributed by atoms with van der Waals surface area (Å²) in [5.41, 5.74) is 0. The van der Waals surface area contributed by atoms with Crippen molar-refractivity contribution in [2.75, 3.05) is 39.5 Å². The molecule has 4 unspecified atom stereocenters. The minimum atomic E-state index is -2.62. The van der Waals surface area contributed by atoms with E-state index in [0.717, 1.165) is 38.7 Å². The highest BCUT2D eigenvalue weighted by Crippen LogP contribution is 2.28. The molecule has 4 heterocycles. The third-order valence-electron chi connectivity index (χ3n) is 4.17. The standard InChI is InChI=1S/C15H29NO5Si/c1-12-7-16-8-13(2)20-22(19-12,21-14(3)9-16)6-4-5-17-10-15-11-18-15/h12-15H,4-11H2,1-3H3. The van der Waals surface area contributed by atoms with E-state index in [1.54, 1.807) is 0 Å². The predicted molar refractivity (Wildman–Crippen MR) is 83.8 cm³/mol. The molecule has 4 saturated heterocycles. The second kappa shape index (κ2) is 7.25. The van der Waals surface area contributed by atoms with Gasteiger partial charge >= 0.3 is 8.80 Å². The summed E-state index contributed by atoms with van der Waals surface area (Å²) >= 11 is 0. The van der Waals surface area contributed by atoms with E-state index >= 15 is 0 Å². The summed E-state index contributed by atoms with van der Waals surface area (Å²) in [4.78, 5) is 2.39. The van der Waals surface area contributed by atoms with Gasteiger partial charge in [0.2, 0.25) is 0 Å². The van der Waals surface area contributed by atoms with Crippen molar-refractivity contribution in [1.82, 2.24) is 4.90 Å². The molecular weight excluding hydrogens is 302 g/mol. The maximum Gasteiger partial charge on any atom is 0.501 e. The van der Waals surface area contributed by atoms with E-state index in [4.69, 9.17) is 22.8 Å². The molecule has 0 amide bonds. The Morgan fingerprint density at radius 2 is 1.55 bits per heavy atom. The Bertz CT molecular complexity index is 332. The molecular formula is C15H29NO5Si. The number of ether oxygens (including phenoxy) is 2. The van der Waals surface area contributed by atoms with Crippen molar-refractivity contribution in [3.8, 4) is 0 Å². The van der Waals surface area contributed by atoms with E-state index in [1.807, 2.05) is 0 Å².